The molecule has 1 unspecified atom stereocenters. The van der Waals surface area contributed by atoms with E-state index in [4.69, 9.17) is 10.5 Å². The summed E-state index contributed by atoms with van der Waals surface area (Å²) in [4.78, 5) is 23.2. The number of amides is 2. The molecule has 2 heterocycles. The largest absolute Gasteiger partial charge is 0.417 e. The summed E-state index contributed by atoms with van der Waals surface area (Å²) in [5.74, 6) is 0.378. The van der Waals surface area contributed by atoms with Crippen molar-refractivity contribution in [3.05, 3.63) is 40.6 Å². The number of hydrazone groups is 1. The lowest BCUT2D eigenvalue weighted by molar-refractivity contribution is -0.121. The fourth-order valence-corrected chi connectivity index (χ4v) is 2.94. The van der Waals surface area contributed by atoms with Crippen molar-refractivity contribution in [1.29, 1.82) is 0 Å². The highest BCUT2D eigenvalue weighted by atomic mass is 32.1. The topological polar surface area (TPSA) is 106 Å². The number of anilines is 2. The molecule has 0 aliphatic carbocycles. The van der Waals surface area contributed by atoms with Crippen molar-refractivity contribution in [3.8, 4) is 5.75 Å². The van der Waals surface area contributed by atoms with Crippen molar-refractivity contribution in [2.45, 2.75) is 13.3 Å². The molecule has 0 saturated heterocycles. The minimum Gasteiger partial charge on any atom is -0.409 e. The van der Waals surface area contributed by atoms with Crippen LogP contribution in [0.5, 0.6) is 5.75 Å². The lowest BCUT2D eigenvalue weighted by atomic mass is 9.93. The molecule has 1 atom stereocenters. The van der Waals surface area contributed by atoms with Crippen LogP contribution in [0.4, 0.5) is 16.2 Å². The van der Waals surface area contributed by atoms with Gasteiger partial charge in [-0.3, -0.25) is 10.1 Å². The quantitative estimate of drug-likeness (QED) is 0.744. The summed E-state index contributed by atoms with van der Waals surface area (Å²) in [7, 11) is 0. The SMILES string of the molecule is CC1CC(=O)NN=C1c1ccc(NC(=O)Oc2ccsc2)c(N)c1. The van der Waals surface area contributed by atoms with E-state index in [0.717, 1.165) is 11.3 Å². The van der Waals surface area contributed by atoms with Gasteiger partial charge in [0.1, 0.15) is 5.75 Å². The maximum Gasteiger partial charge on any atom is 0.417 e. The van der Waals surface area contributed by atoms with Gasteiger partial charge in [-0.1, -0.05) is 13.0 Å². The highest BCUT2D eigenvalue weighted by Crippen LogP contribution is 2.24. The predicted molar refractivity (Wildman–Crippen MR) is 93.3 cm³/mol. The maximum absolute atomic E-state index is 11.9. The fraction of sp³-hybridized carbons (Fsp3) is 0.188. The Balaban J connectivity index is 1.73. The molecule has 2 aromatic rings. The minimum absolute atomic E-state index is 0.000477. The molecule has 7 nitrogen and oxygen atoms in total. The van der Waals surface area contributed by atoms with E-state index in [-0.39, 0.29) is 11.8 Å². The molecule has 3 rings (SSSR count). The smallest absolute Gasteiger partial charge is 0.409 e. The van der Waals surface area contributed by atoms with Crippen molar-refractivity contribution in [2.24, 2.45) is 11.0 Å². The lowest BCUT2D eigenvalue weighted by Gasteiger charge is -2.20. The summed E-state index contributed by atoms with van der Waals surface area (Å²) in [6, 6.07) is 6.90. The normalized spacial score (nSPS) is 17.0. The van der Waals surface area contributed by atoms with Crippen LogP contribution in [-0.2, 0) is 4.79 Å². The predicted octanol–water partition coefficient (Wildman–Crippen LogP) is 2.80. The molecule has 4 N–H and O–H groups in total. The van der Waals surface area contributed by atoms with Crippen molar-refractivity contribution in [3.63, 3.8) is 0 Å². The van der Waals surface area contributed by atoms with Crippen molar-refractivity contribution in [2.75, 3.05) is 11.1 Å². The van der Waals surface area contributed by atoms with E-state index in [2.05, 4.69) is 15.8 Å². The number of nitrogen functional groups attached to an aromatic ring is 1. The van der Waals surface area contributed by atoms with Crippen LogP contribution in [0.25, 0.3) is 0 Å². The Morgan fingerprint density at radius 1 is 1.46 bits per heavy atom. The number of nitrogens with zero attached hydrogens (tertiary/aromatic N) is 1. The van der Waals surface area contributed by atoms with Gasteiger partial charge < -0.3 is 10.5 Å². The Bertz CT molecular complexity index is 802. The second kappa shape index (κ2) is 6.71. The third-order valence-corrected chi connectivity index (χ3v) is 4.21. The van der Waals surface area contributed by atoms with Crippen LogP contribution in [0.2, 0.25) is 0 Å². The molecule has 24 heavy (non-hydrogen) atoms. The maximum atomic E-state index is 11.9. The third-order valence-electron chi connectivity index (χ3n) is 3.55. The number of thiophene rings is 1. The van der Waals surface area contributed by atoms with Gasteiger partial charge in [0.2, 0.25) is 5.91 Å². The summed E-state index contributed by atoms with van der Waals surface area (Å²) in [5.41, 5.74) is 10.9. The molecule has 0 bridgehead atoms. The van der Waals surface area contributed by atoms with Gasteiger partial charge in [0, 0.05) is 23.3 Å². The lowest BCUT2D eigenvalue weighted by Crippen LogP contribution is -2.32. The first-order valence-corrected chi connectivity index (χ1v) is 8.24. The Labute approximate surface area is 142 Å². The van der Waals surface area contributed by atoms with E-state index < -0.39 is 6.09 Å². The molecular formula is C16H16N4O3S. The monoisotopic (exact) mass is 344 g/mol. The van der Waals surface area contributed by atoms with E-state index in [1.165, 1.54) is 11.3 Å². The molecule has 1 aliphatic heterocycles. The molecule has 1 aliphatic rings. The molecule has 8 heteroatoms. The number of carbonyl (C=O) groups is 2. The molecule has 0 radical (unpaired) electrons. The van der Waals surface area contributed by atoms with Crippen molar-refractivity contribution in [1.82, 2.24) is 5.43 Å². The number of benzene rings is 1. The first kappa shape index (κ1) is 16.0. The first-order chi connectivity index (χ1) is 11.5. The van der Waals surface area contributed by atoms with E-state index in [0.29, 0.717) is 23.5 Å². The minimum atomic E-state index is -0.608. The van der Waals surface area contributed by atoms with E-state index >= 15 is 0 Å². The molecule has 2 amide bonds. The molecule has 0 saturated carbocycles. The van der Waals surface area contributed by atoms with Crippen LogP contribution in [0.15, 0.2) is 40.1 Å². The number of rotatable bonds is 3. The number of nitrogens with two attached hydrogens (primary N) is 1. The summed E-state index contributed by atoms with van der Waals surface area (Å²) in [5, 5.41) is 10.2. The zero-order chi connectivity index (χ0) is 17.1. The van der Waals surface area contributed by atoms with Crippen LogP contribution in [0, 0.1) is 5.92 Å². The molecule has 1 aromatic heterocycles. The number of ether oxygens (including phenoxy) is 1. The van der Waals surface area contributed by atoms with Gasteiger partial charge in [0.25, 0.3) is 0 Å². The molecule has 0 spiro atoms. The Morgan fingerprint density at radius 2 is 2.29 bits per heavy atom. The molecular weight excluding hydrogens is 328 g/mol. The van der Waals surface area contributed by atoms with Crippen molar-refractivity contribution < 1.29 is 14.3 Å². The summed E-state index contributed by atoms with van der Waals surface area (Å²) in [6.45, 7) is 1.93. The van der Waals surface area contributed by atoms with Gasteiger partial charge in [0.05, 0.1) is 17.1 Å². The van der Waals surface area contributed by atoms with Gasteiger partial charge in [0.15, 0.2) is 0 Å². The van der Waals surface area contributed by atoms with Crippen LogP contribution >= 0.6 is 11.3 Å². The van der Waals surface area contributed by atoms with E-state index in [1.54, 1.807) is 29.6 Å². The van der Waals surface area contributed by atoms with Crippen molar-refractivity contribution >= 4 is 40.4 Å². The first-order valence-electron chi connectivity index (χ1n) is 7.30. The van der Waals surface area contributed by atoms with E-state index in [9.17, 15) is 9.59 Å². The van der Waals surface area contributed by atoms with Crippen LogP contribution in [-0.4, -0.2) is 17.7 Å². The molecule has 124 valence electrons. The van der Waals surface area contributed by atoms with Gasteiger partial charge in [-0.2, -0.15) is 5.10 Å². The Morgan fingerprint density at radius 3 is 2.96 bits per heavy atom. The van der Waals surface area contributed by atoms with E-state index in [1.807, 2.05) is 12.3 Å². The molecule has 0 fully saturated rings. The highest BCUT2D eigenvalue weighted by molar-refractivity contribution is 7.08. The summed E-state index contributed by atoms with van der Waals surface area (Å²) < 4.78 is 5.12. The Kier molecular flexibility index (Phi) is 4.48. The average molecular weight is 344 g/mol. The number of carbonyl (C=O) groups excluding carboxylic acids is 2. The zero-order valence-electron chi connectivity index (χ0n) is 12.9. The van der Waals surface area contributed by atoms with Crippen LogP contribution < -0.4 is 21.2 Å². The number of nitrogens with one attached hydrogen (secondary N) is 2. The third kappa shape index (κ3) is 3.54. The fourth-order valence-electron chi connectivity index (χ4n) is 2.39. The van der Waals surface area contributed by atoms with Gasteiger partial charge in [-0.25, -0.2) is 10.2 Å². The standard InChI is InChI=1S/C16H16N4O3S/c1-9-6-14(21)19-20-15(9)10-2-3-13(12(17)7-10)18-16(22)23-11-4-5-24-8-11/h2-5,7-9H,6,17H2,1H3,(H,18,22)(H,19,21). The Hall–Kier alpha value is -2.87. The van der Waals surface area contributed by atoms with Gasteiger partial charge in [-0.15, -0.1) is 11.3 Å². The van der Waals surface area contributed by atoms with Gasteiger partial charge in [-0.05, 0) is 23.6 Å². The number of hydrogen-bond acceptors (Lipinski definition) is 6. The average Bonchev–Trinajstić information content (AvgIpc) is 3.02. The zero-order valence-corrected chi connectivity index (χ0v) is 13.7. The molecule has 1 aromatic carbocycles. The second-order valence-electron chi connectivity index (χ2n) is 5.41. The number of hydrogen-bond donors (Lipinski definition) is 3. The second-order valence-corrected chi connectivity index (χ2v) is 6.19. The summed E-state index contributed by atoms with van der Waals surface area (Å²) in [6.07, 6.45) is -0.227. The summed E-state index contributed by atoms with van der Waals surface area (Å²) >= 11 is 1.44. The van der Waals surface area contributed by atoms with Crippen LogP contribution in [0.1, 0.15) is 18.9 Å². The van der Waals surface area contributed by atoms with Gasteiger partial charge >= 0.3 is 6.09 Å². The van der Waals surface area contributed by atoms with Crippen LogP contribution in [0.3, 0.4) is 0 Å². The highest BCUT2D eigenvalue weighted by Gasteiger charge is 2.22.